The Kier molecular flexibility index (Phi) is 7.96. The van der Waals surface area contributed by atoms with Crippen molar-refractivity contribution in [3.05, 3.63) is 65.7 Å². The summed E-state index contributed by atoms with van der Waals surface area (Å²) in [5.74, 6) is 0.730. The van der Waals surface area contributed by atoms with Gasteiger partial charge < -0.3 is 20.7 Å². The third-order valence-electron chi connectivity index (χ3n) is 6.37. The smallest absolute Gasteiger partial charge is 0.253 e. The lowest BCUT2D eigenvalue weighted by Gasteiger charge is -2.21. The largest absolute Gasteiger partial charge is 0.368 e. The van der Waals surface area contributed by atoms with E-state index in [1.54, 1.807) is 7.05 Å². The van der Waals surface area contributed by atoms with E-state index in [0.717, 1.165) is 49.6 Å². The van der Waals surface area contributed by atoms with Crippen molar-refractivity contribution < 1.29 is 9.53 Å². The highest BCUT2D eigenvalue weighted by atomic mass is 16.5. The first-order valence-corrected chi connectivity index (χ1v) is 11.9. The SMILES string of the molecule is CN=C(NCc1cccc(NC(=O)C2CCCO2)c1)NC1CC(C)N(Cc2ccccc2)C1. The Bertz CT molecular complexity index is 943. The van der Waals surface area contributed by atoms with E-state index in [9.17, 15) is 4.79 Å². The highest BCUT2D eigenvalue weighted by Gasteiger charge is 2.29. The number of hydrogen-bond donors (Lipinski definition) is 3. The van der Waals surface area contributed by atoms with Gasteiger partial charge in [-0.25, -0.2) is 0 Å². The van der Waals surface area contributed by atoms with Crippen LogP contribution in [0.5, 0.6) is 0 Å². The monoisotopic (exact) mass is 449 g/mol. The number of nitrogens with one attached hydrogen (secondary N) is 3. The van der Waals surface area contributed by atoms with Crippen molar-refractivity contribution in [3.63, 3.8) is 0 Å². The summed E-state index contributed by atoms with van der Waals surface area (Å²) in [6.07, 6.45) is 2.48. The number of carbonyl (C=O) groups is 1. The number of anilines is 1. The first kappa shape index (κ1) is 23.3. The molecule has 2 saturated heterocycles. The molecule has 7 nitrogen and oxygen atoms in total. The van der Waals surface area contributed by atoms with Crippen LogP contribution in [0.2, 0.25) is 0 Å². The number of benzene rings is 2. The zero-order valence-corrected chi connectivity index (χ0v) is 19.6. The molecule has 176 valence electrons. The molecular formula is C26H35N5O2. The number of hydrogen-bond acceptors (Lipinski definition) is 4. The van der Waals surface area contributed by atoms with Gasteiger partial charge in [0.1, 0.15) is 6.10 Å². The predicted octanol–water partition coefficient (Wildman–Crippen LogP) is 3.13. The normalized spacial score (nSPS) is 23.5. The molecule has 2 aliphatic heterocycles. The van der Waals surface area contributed by atoms with Gasteiger partial charge in [0, 0.05) is 51.1 Å². The number of carbonyl (C=O) groups excluding carboxylic acids is 1. The average Bonchev–Trinajstić information content (AvgIpc) is 3.48. The van der Waals surface area contributed by atoms with E-state index in [0.29, 0.717) is 25.2 Å². The van der Waals surface area contributed by atoms with Crippen LogP contribution in [-0.2, 0) is 22.6 Å². The fourth-order valence-corrected chi connectivity index (χ4v) is 4.58. The Balaban J connectivity index is 1.26. The average molecular weight is 450 g/mol. The molecule has 3 N–H and O–H groups in total. The molecule has 2 fully saturated rings. The Morgan fingerprint density at radius 1 is 1.15 bits per heavy atom. The van der Waals surface area contributed by atoms with Gasteiger partial charge in [0.25, 0.3) is 5.91 Å². The van der Waals surface area contributed by atoms with E-state index in [-0.39, 0.29) is 12.0 Å². The van der Waals surface area contributed by atoms with E-state index in [1.165, 1.54) is 5.56 Å². The molecule has 2 aromatic rings. The summed E-state index contributed by atoms with van der Waals surface area (Å²) < 4.78 is 5.47. The van der Waals surface area contributed by atoms with Crippen LogP contribution in [0.1, 0.15) is 37.3 Å². The van der Waals surface area contributed by atoms with Crippen molar-refractivity contribution in [2.75, 3.05) is 25.5 Å². The van der Waals surface area contributed by atoms with Gasteiger partial charge in [0.15, 0.2) is 5.96 Å². The number of likely N-dealkylation sites (tertiary alicyclic amines) is 1. The zero-order chi connectivity index (χ0) is 23.0. The van der Waals surface area contributed by atoms with Crippen LogP contribution in [-0.4, -0.2) is 55.2 Å². The van der Waals surface area contributed by atoms with Gasteiger partial charge in [-0.2, -0.15) is 0 Å². The number of nitrogens with zero attached hydrogens (tertiary/aromatic N) is 2. The highest BCUT2D eigenvalue weighted by Crippen LogP contribution is 2.20. The van der Waals surface area contributed by atoms with E-state index < -0.39 is 0 Å². The Labute approximate surface area is 196 Å². The quantitative estimate of drug-likeness (QED) is 0.447. The van der Waals surface area contributed by atoms with Gasteiger partial charge >= 0.3 is 0 Å². The second-order valence-corrected chi connectivity index (χ2v) is 8.96. The van der Waals surface area contributed by atoms with Crippen molar-refractivity contribution in [1.82, 2.24) is 15.5 Å². The van der Waals surface area contributed by atoms with Crippen LogP contribution in [0.4, 0.5) is 5.69 Å². The van der Waals surface area contributed by atoms with Gasteiger partial charge in [-0.05, 0) is 49.4 Å². The Morgan fingerprint density at radius 2 is 1.97 bits per heavy atom. The third kappa shape index (κ3) is 6.55. The molecule has 3 atom stereocenters. The molecule has 0 spiro atoms. The molecule has 0 radical (unpaired) electrons. The Hall–Kier alpha value is -2.90. The van der Waals surface area contributed by atoms with Crippen molar-refractivity contribution >= 4 is 17.6 Å². The maximum atomic E-state index is 12.3. The maximum Gasteiger partial charge on any atom is 0.253 e. The lowest BCUT2D eigenvalue weighted by molar-refractivity contribution is -0.124. The predicted molar refractivity (Wildman–Crippen MR) is 132 cm³/mol. The van der Waals surface area contributed by atoms with Crippen LogP contribution < -0.4 is 16.0 Å². The van der Waals surface area contributed by atoms with Gasteiger partial charge in [0.05, 0.1) is 0 Å². The maximum absolute atomic E-state index is 12.3. The van der Waals surface area contributed by atoms with Gasteiger partial charge in [-0.3, -0.25) is 14.7 Å². The van der Waals surface area contributed by atoms with Gasteiger partial charge in [-0.1, -0.05) is 42.5 Å². The molecule has 4 rings (SSSR count). The molecular weight excluding hydrogens is 414 g/mol. The van der Waals surface area contributed by atoms with Crippen molar-refractivity contribution in [1.29, 1.82) is 0 Å². The first-order chi connectivity index (χ1) is 16.1. The fraction of sp³-hybridized carbons (Fsp3) is 0.462. The third-order valence-corrected chi connectivity index (χ3v) is 6.37. The summed E-state index contributed by atoms with van der Waals surface area (Å²) >= 11 is 0. The fourth-order valence-electron chi connectivity index (χ4n) is 4.58. The minimum atomic E-state index is -0.329. The molecule has 1 amide bonds. The minimum Gasteiger partial charge on any atom is -0.368 e. The summed E-state index contributed by atoms with van der Waals surface area (Å²) in [5, 5.41) is 9.96. The molecule has 2 heterocycles. The number of amides is 1. The van der Waals surface area contributed by atoms with E-state index in [4.69, 9.17) is 4.74 Å². The Morgan fingerprint density at radius 3 is 2.73 bits per heavy atom. The highest BCUT2D eigenvalue weighted by molar-refractivity contribution is 5.94. The first-order valence-electron chi connectivity index (χ1n) is 11.9. The van der Waals surface area contributed by atoms with Crippen molar-refractivity contribution in [3.8, 4) is 0 Å². The van der Waals surface area contributed by atoms with Gasteiger partial charge in [-0.15, -0.1) is 0 Å². The second-order valence-electron chi connectivity index (χ2n) is 8.96. The molecule has 7 heteroatoms. The number of ether oxygens (including phenoxy) is 1. The van der Waals surface area contributed by atoms with Gasteiger partial charge in [0.2, 0.25) is 0 Å². The van der Waals surface area contributed by atoms with Crippen molar-refractivity contribution in [2.45, 2.75) is 57.5 Å². The number of rotatable bonds is 7. The number of aliphatic imine (C=N–C) groups is 1. The zero-order valence-electron chi connectivity index (χ0n) is 19.6. The van der Waals surface area contributed by atoms with Crippen molar-refractivity contribution in [2.24, 2.45) is 4.99 Å². The molecule has 3 unspecified atom stereocenters. The molecule has 33 heavy (non-hydrogen) atoms. The van der Waals surface area contributed by atoms with Crippen LogP contribution in [0.3, 0.4) is 0 Å². The molecule has 0 aliphatic carbocycles. The van der Waals surface area contributed by atoms with E-state index in [2.05, 4.69) is 63.1 Å². The lowest BCUT2D eigenvalue weighted by Crippen LogP contribution is -2.44. The summed E-state index contributed by atoms with van der Waals surface area (Å²) in [4.78, 5) is 19.2. The summed E-state index contributed by atoms with van der Waals surface area (Å²) in [5.41, 5.74) is 3.21. The van der Waals surface area contributed by atoms with Crippen LogP contribution in [0, 0.1) is 0 Å². The van der Waals surface area contributed by atoms with E-state index >= 15 is 0 Å². The summed E-state index contributed by atoms with van der Waals surface area (Å²) in [6, 6.07) is 19.4. The second kappa shape index (κ2) is 11.3. The van der Waals surface area contributed by atoms with E-state index in [1.807, 2.05) is 24.3 Å². The van der Waals surface area contributed by atoms with Crippen LogP contribution in [0.25, 0.3) is 0 Å². The van der Waals surface area contributed by atoms with Crippen LogP contribution >= 0.6 is 0 Å². The summed E-state index contributed by atoms with van der Waals surface area (Å²) in [7, 11) is 1.80. The molecule has 2 aliphatic rings. The topological polar surface area (TPSA) is 78.0 Å². The lowest BCUT2D eigenvalue weighted by atomic mass is 10.1. The summed E-state index contributed by atoms with van der Waals surface area (Å²) in [6.45, 7) is 5.53. The standard InChI is InChI=1S/C26H35N5O2/c1-19-14-23(18-31(19)17-20-8-4-3-5-9-20)30-26(27-2)28-16-21-10-6-11-22(15-21)29-25(32)24-12-7-13-33-24/h3-6,8-11,15,19,23-24H,7,12-14,16-18H2,1-2H3,(H,29,32)(H2,27,28,30). The molecule has 0 aromatic heterocycles. The van der Waals surface area contributed by atoms with Crippen LogP contribution in [0.15, 0.2) is 59.6 Å². The number of guanidine groups is 1. The molecule has 0 saturated carbocycles. The molecule has 0 bridgehead atoms. The molecule has 2 aromatic carbocycles. The minimum absolute atomic E-state index is 0.0644.